The number of aromatic nitrogens is 2. The number of methoxy groups -OCH3 is 1. The Morgan fingerprint density at radius 2 is 1.89 bits per heavy atom. The summed E-state index contributed by atoms with van der Waals surface area (Å²) in [5, 5.41) is 2.88. The monoisotopic (exact) mass is 369 g/mol. The molecule has 2 heterocycles. The molecule has 0 atom stereocenters. The van der Waals surface area contributed by atoms with E-state index in [-0.39, 0.29) is 5.91 Å². The molecule has 1 saturated heterocycles. The number of nitrogens with one attached hydrogen (secondary N) is 1. The minimum absolute atomic E-state index is 0.246. The van der Waals surface area contributed by atoms with Crippen molar-refractivity contribution >= 4 is 18.1 Å². The first-order valence-electron chi connectivity index (χ1n) is 8.80. The van der Waals surface area contributed by atoms with Gasteiger partial charge in [0, 0.05) is 38.8 Å². The van der Waals surface area contributed by atoms with Crippen molar-refractivity contribution in [2.24, 2.45) is 0 Å². The third kappa shape index (κ3) is 4.72. The number of benzene rings is 1. The van der Waals surface area contributed by atoms with Crippen LogP contribution in [0.25, 0.3) is 0 Å². The number of anilines is 1. The highest BCUT2D eigenvalue weighted by Crippen LogP contribution is 2.15. The van der Waals surface area contributed by atoms with Crippen molar-refractivity contribution in [3.05, 3.63) is 47.4 Å². The molecular weight excluding hydrogens is 346 g/mol. The molecule has 2 aromatic rings. The number of nitrogens with zero attached hydrogens (tertiary/aromatic N) is 4. The molecule has 8 heteroatoms. The van der Waals surface area contributed by atoms with Gasteiger partial charge in [0.1, 0.15) is 23.1 Å². The molecule has 1 N–H and O–H groups in total. The number of rotatable bonds is 6. The van der Waals surface area contributed by atoms with Crippen LogP contribution in [0.5, 0.6) is 5.75 Å². The van der Waals surface area contributed by atoms with E-state index in [2.05, 4.69) is 20.2 Å². The maximum atomic E-state index is 12.5. The lowest BCUT2D eigenvalue weighted by molar-refractivity contribution is -0.118. The second-order valence-electron chi connectivity index (χ2n) is 6.32. The summed E-state index contributed by atoms with van der Waals surface area (Å²) in [4.78, 5) is 35.9. The lowest BCUT2D eigenvalue weighted by Crippen LogP contribution is -2.46. The highest BCUT2D eigenvalue weighted by Gasteiger charge is 2.19. The van der Waals surface area contributed by atoms with Crippen molar-refractivity contribution in [1.82, 2.24) is 20.2 Å². The molecule has 0 saturated carbocycles. The van der Waals surface area contributed by atoms with Gasteiger partial charge in [-0.15, -0.1) is 0 Å². The Balaban J connectivity index is 1.65. The van der Waals surface area contributed by atoms with Crippen molar-refractivity contribution in [3.63, 3.8) is 0 Å². The van der Waals surface area contributed by atoms with E-state index in [1.807, 2.05) is 24.3 Å². The highest BCUT2D eigenvalue weighted by atomic mass is 16.5. The van der Waals surface area contributed by atoms with Crippen LogP contribution in [0.2, 0.25) is 0 Å². The van der Waals surface area contributed by atoms with Gasteiger partial charge >= 0.3 is 0 Å². The Kier molecular flexibility index (Phi) is 5.85. The van der Waals surface area contributed by atoms with Gasteiger partial charge in [0.25, 0.3) is 5.91 Å². The Morgan fingerprint density at radius 3 is 2.52 bits per heavy atom. The van der Waals surface area contributed by atoms with Crippen LogP contribution in [0, 0.1) is 6.92 Å². The second-order valence-corrected chi connectivity index (χ2v) is 6.32. The van der Waals surface area contributed by atoms with Gasteiger partial charge in [0.05, 0.1) is 7.11 Å². The lowest BCUT2D eigenvalue weighted by Gasteiger charge is -2.33. The molecule has 0 unspecified atom stereocenters. The summed E-state index contributed by atoms with van der Waals surface area (Å²) in [5.41, 5.74) is 1.31. The molecule has 1 aliphatic heterocycles. The van der Waals surface area contributed by atoms with E-state index >= 15 is 0 Å². The number of amides is 2. The van der Waals surface area contributed by atoms with Crippen LogP contribution >= 0.6 is 0 Å². The maximum Gasteiger partial charge on any atom is 0.270 e. The van der Waals surface area contributed by atoms with E-state index in [9.17, 15) is 9.59 Å². The molecular formula is C19H23N5O3. The van der Waals surface area contributed by atoms with Gasteiger partial charge in [-0.1, -0.05) is 12.1 Å². The zero-order chi connectivity index (χ0) is 19.2. The summed E-state index contributed by atoms with van der Waals surface area (Å²) >= 11 is 0. The molecule has 0 bridgehead atoms. The quantitative estimate of drug-likeness (QED) is 0.765. The van der Waals surface area contributed by atoms with Gasteiger partial charge in [0.15, 0.2) is 0 Å². The fourth-order valence-electron chi connectivity index (χ4n) is 2.90. The van der Waals surface area contributed by atoms with E-state index in [4.69, 9.17) is 4.74 Å². The van der Waals surface area contributed by atoms with Crippen molar-refractivity contribution in [2.45, 2.75) is 13.5 Å². The summed E-state index contributed by atoms with van der Waals surface area (Å²) < 4.78 is 5.13. The molecule has 27 heavy (non-hydrogen) atoms. The van der Waals surface area contributed by atoms with Crippen molar-refractivity contribution in [3.8, 4) is 5.75 Å². The van der Waals surface area contributed by atoms with Crippen LogP contribution in [0.15, 0.2) is 30.3 Å². The topological polar surface area (TPSA) is 87.7 Å². The van der Waals surface area contributed by atoms with E-state index in [1.54, 1.807) is 25.0 Å². The number of carbonyl (C=O) groups is 2. The van der Waals surface area contributed by atoms with E-state index in [1.165, 1.54) is 0 Å². The maximum absolute atomic E-state index is 12.5. The molecule has 1 fully saturated rings. The number of hydrogen-bond acceptors (Lipinski definition) is 6. The van der Waals surface area contributed by atoms with Crippen molar-refractivity contribution in [1.29, 1.82) is 0 Å². The molecule has 2 amide bonds. The number of piperazine rings is 1. The molecule has 8 nitrogen and oxygen atoms in total. The normalized spacial score (nSPS) is 14.0. The second kappa shape index (κ2) is 8.48. The van der Waals surface area contributed by atoms with Crippen LogP contribution in [-0.4, -0.2) is 60.5 Å². The molecule has 1 aliphatic rings. The molecule has 0 spiro atoms. The van der Waals surface area contributed by atoms with E-state index < -0.39 is 0 Å². The summed E-state index contributed by atoms with van der Waals surface area (Å²) in [6.07, 6.45) is 0.862. The average Bonchev–Trinajstić information content (AvgIpc) is 2.72. The third-order valence-corrected chi connectivity index (χ3v) is 4.46. The zero-order valence-electron chi connectivity index (χ0n) is 15.5. The highest BCUT2D eigenvalue weighted by molar-refractivity contribution is 5.92. The molecule has 0 radical (unpaired) electrons. The predicted molar refractivity (Wildman–Crippen MR) is 101 cm³/mol. The summed E-state index contributed by atoms with van der Waals surface area (Å²) in [6.45, 7) is 4.83. The summed E-state index contributed by atoms with van der Waals surface area (Å²) in [5.74, 6) is 1.78. The van der Waals surface area contributed by atoms with E-state index in [0.717, 1.165) is 17.7 Å². The van der Waals surface area contributed by atoms with Crippen molar-refractivity contribution in [2.75, 3.05) is 38.2 Å². The van der Waals surface area contributed by atoms with Crippen LogP contribution in [-0.2, 0) is 11.3 Å². The van der Waals surface area contributed by atoms with Crippen LogP contribution in [0.3, 0.4) is 0 Å². The van der Waals surface area contributed by atoms with Gasteiger partial charge in [-0.05, 0) is 24.6 Å². The van der Waals surface area contributed by atoms with Gasteiger partial charge in [-0.3, -0.25) is 9.59 Å². The minimum atomic E-state index is -0.246. The third-order valence-electron chi connectivity index (χ3n) is 4.46. The van der Waals surface area contributed by atoms with Crippen LogP contribution in [0.1, 0.15) is 21.9 Å². The number of aryl methyl sites for hydroxylation is 1. The Hall–Kier alpha value is -3.16. The molecule has 1 aromatic carbocycles. The Morgan fingerprint density at radius 1 is 1.19 bits per heavy atom. The first-order valence-corrected chi connectivity index (χ1v) is 8.80. The zero-order valence-corrected chi connectivity index (χ0v) is 15.5. The van der Waals surface area contributed by atoms with Crippen LogP contribution < -0.4 is 15.0 Å². The fraction of sp³-hybridized carbons (Fsp3) is 0.368. The Labute approximate surface area is 158 Å². The number of hydrogen-bond donors (Lipinski definition) is 1. The lowest BCUT2D eigenvalue weighted by atomic mass is 10.2. The smallest absolute Gasteiger partial charge is 0.270 e. The van der Waals surface area contributed by atoms with Gasteiger partial charge in [-0.25, -0.2) is 9.97 Å². The fourth-order valence-corrected chi connectivity index (χ4v) is 2.90. The number of ether oxygens (including phenoxy) is 1. The van der Waals surface area contributed by atoms with Crippen LogP contribution in [0.4, 0.5) is 5.82 Å². The molecule has 1 aromatic heterocycles. The van der Waals surface area contributed by atoms with Crippen molar-refractivity contribution < 1.29 is 14.3 Å². The molecule has 3 rings (SSSR count). The van der Waals surface area contributed by atoms with E-state index in [0.29, 0.717) is 50.1 Å². The Bertz CT molecular complexity index is 801. The molecule has 0 aliphatic carbocycles. The standard InChI is InChI=1S/C19H23N5O3/c1-14-21-17(11-18(22-14)24-9-7-23(13-25)8-10-24)19(26)20-12-15-3-5-16(27-2)6-4-15/h3-6,11,13H,7-10,12H2,1-2H3,(H,20,26). The minimum Gasteiger partial charge on any atom is -0.497 e. The number of carbonyl (C=O) groups excluding carboxylic acids is 2. The first-order chi connectivity index (χ1) is 13.1. The first kappa shape index (κ1) is 18.6. The van der Waals surface area contributed by atoms with Gasteiger partial charge in [-0.2, -0.15) is 0 Å². The SMILES string of the molecule is COc1ccc(CNC(=O)c2cc(N3CCN(C=O)CC3)nc(C)n2)cc1. The summed E-state index contributed by atoms with van der Waals surface area (Å²) in [7, 11) is 1.62. The van der Waals surface area contributed by atoms with Gasteiger partial charge < -0.3 is 19.9 Å². The predicted octanol–water partition coefficient (Wildman–Crippen LogP) is 1.00. The van der Waals surface area contributed by atoms with Gasteiger partial charge in [0.2, 0.25) is 6.41 Å². The molecule has 142 valence electrons. The largest absolute Gasteiger partial charge is 0.497 e. The summed E-state index contributed by atoms with van der Waals surface area (Å²) in [6, 6.07) is 9.22. The average molecular weight is 369 g/mol.